The van der Waals surface area contributed by atoms with E-state index in [-0.39, 0.29) is 16.8 Å². The number of hydrogen-bond donors (Lipinski definition) is 3. The molecule has 0 fully saturated rings. The molecule has 4 nitrogen and oxygen atoms in total. The van der Waals surface area contributed by atoms with Crippen LogP contribution in [0.25, 0.3) is 0 Å². The highest BCUT2D eigenvalue weighted by Crippen LogP contribution is 2.20. The van der Waals surface area contributed by atoms with Crippen LogP contribution in [-0.2, 0) is 4.79 Å². The van der Waals surface area contributed by atoms with Crippen LogP contribution in [0.2, 0.25) is 5.02 Å². The number of carbonyl (C=O) groups is 1. The van der Waals surface area contributed by atoms with E-state index >= 15 is 0 Å². The molecule has 0 aromatic heterocycles. The van der Waals surface area contributed by atoms with Gasteiger partial charge in [0.1, 0.15) is 0 Å². The van der Waals surface area contributed by atoms with Crippen molar-refractivity contribution >= 4 is 40.1 Å². The average molecular weight is 258 g/mol. The Morgan fingerprint density at radius 3 is 2.94 bits per heavy atom. The number of halogens is 1. The highest BCUT2D eigenvalue weighted by atomic mass is 35.5. The number of nitrogens with one attached hydrogen (secondary N) is 2. The first kappa shape index (κ1) is 12.9. The van der Waals surface area contributed by atoms with Crippen LogP contribution < -0.4 is 11.1 Å². The monoisotopic (exact) mass is 257 g/mol. The van der Waals surface area contributed by atoms with E-state index in [1.165, 1.54) is 0 Å². The number of anilines is 1. The minimum absolute atomic E-state index is 0.0713. The van der Waals surface area contributed by atoms with Crippen molar-refractivity contribution < 1.29 is 4.79 Å². The van der Waals surface area contributed by atoms with Gasteiger partial charge < -0.3 is 11.1 Å². The summed E-state index contributed by atoms with van der Waals surface area (Å²) >= 11 is 6.80. The fraction of sp³-hybridized carbons (Fsp3) is 0.200. The van der Waals surface area contributed by atoms with Gasteiger partial charge in [0, 0.05) is 10.7 Å². The molecule has 0 aliphatic carbocycles. The Bertz CT molecular complexity index is 423. The molecule has 0 unspecified atom stereocenters. The first-order valence-electron chi connectivity index (χ1n) is 4.52. The van der Waals surface area contributed by atoms with Crippen molar-refractivity contribution in [2.45, 2.75) is 6.92 Å². The van der Waals surface area contributed by atoms with E-state index in [1.807, 2.05) is 13.0 Å². The van der Waals surface area contributed by atoms with Crippen molar-refractivity contribution in [2.24, 2.45) is 5.73 Å². The van der Waals surface area contributed by atoms with E-state index in [0.29, 0.717) is 10.7 Å². The quantitative estimate of drug-likeness (QED) is 0.574. The van der Waals surface area contributed by atoms with Gasteiger partial charge in [-0.2, -0.15) is 0 Å². The highest BCUT2D eigenvalue weighted by Gasteiger charge is 2.06. The summed E-state index contributed by atoms with van der Waals surface area (Å²) in [5.74, 6) is -0.0769. The third-order valence-corrected chi connectivity index (χ3v) is 2.79. The van der Waals surface area contributed by atoms with Crippen molar-refractivity contribution in [1.29, 1.82) is 5.41 Å². The molecule has 0 bridgehead atoms. The summed E-state index contributed by atoms with van der Waals surface area (Å²) in [6, 6.07) is 5.28. The Morgan fingerprint density at radius 2 is 2.31 bits per heavy atom. The minimum Gasteiger partial charge on any atom is -0.379 e. The van der Waals surface area contributed by atoms with Crippen molar-refractivity contribution in [3.8, 4) is 0 Å². The first-order chi connectivity index (χ1) is 7.49. The SMILES string of the molecule is Cc1ccc(Cl)cc1NC(=O)CSC(=N)N. The second-order valence-corrected chi connectivity index (χ2v) is 4.61. The number of amides is 1. The minimum atomic E-state index is -0.203. The maximum absolute atomic E-state index is 11.5. The van der Waals surface area contributed by atoms with Crippen molar-refractivity contribution in [3.05, 3.63) is 28.8 Å². The Morgan fingerprint density at radius 1 is 1.62 bits per heavy atom. The molecule has 0 atom stereocenters. The molecule has 1 amide bonds. The van der Waals surface area contributed by atoms with Crippen LogP contribution in [0.1, 0.15) is 5.56 Å². The molecular formula is C10H12ClN3OS. The Kier molecular flexibility index (Phi) is 4.64. The van der Waals surface area contributed by atoms with Gasteiger partial charge in [-0.1, -0.05) is 29.4 Å². The number of benzene rings is 1. The Labute approximate surface area is 103 Å². The lowest BCUT2D eigenvalue weighted by Gasteiger charge is -2.08. The van der Waals surface area contributed by atoms with Crippen LogP contribution in [0.3, 0.4) is 0 Å². The van der Waals surface area contributed by atoms with Gasteiger partial charge in [-0.05, 0) is 24.6 Å². The van der Waals surface area contributed by atoms with Gasteiger partial charge in [0.2, 0.25) is 5.91 Å². The second-order valence-electron chi connectivity index (χ2n) is 3.16. The molecule has 0 heterocycles. The molecule has 16 heavy (non-hydrogen) atoms. The number of thioether (sulfide) groups is 1. The molecule has 0 saturated carbocycles. The topological polar surface area (TPSA) is 79.0 Å². The van der Waals surface area contributed by atoms with Crippen LogP contribution in [0.4, 0.5) is 5.69 Å². The number of rotatable bonds is 3. The van der Waals surface area contributed by atoms with E-state index in [0.717, 1.165) is 17.3 Å². The third kappa shape index (κ3) is 4.12. The van der Waals surface area contributed by atoms with Gasteiger partial charge in [-0.3, -0.25) is 10.2 Å². The summed E-state index contributed by atoms with van der Waals surface area (Å²) in [7, 11) is 0. The second kappa shape index (κ2) is 5.77. The number of nitrogens with two attached hydrogens (primary N) is 1. The third-order valence-electron chi connectivity index (χ3n) is 1.83. The molecule has 6 heteroatoms. The summed E-state index contributed by atoms with van der Waals surface area (Å²) < 4.78 is 0. The number of amidine groups is 1. The maximum atomic E-state index is 11.5. The molecule has 1 aromatic rings. The first-order valence-corrected chi connectivity index (χ1v) is 5.88. The molecule has 0 saturated heterocycles. The summed E-state index contributed by atoms with van der Waals surface area (Å²) in [6.07, 6.45) is 0. The normalized spacial score (nSPS) is 9.88. The summed E-state index contributed by atoms with van der Waals surface area (Å²) in [5.41, 5.74) is 6.75. The predicted molar refractivity (Wildman–Crippen MR) is 69.2 cm³/mol. The molecule has 0 radical (unpaired) electrons. The van der Waals surface area contributed by atoms with E-state index in [4.69, 9.17) is 22.7 Å². The van der Waals surface area contributed by atoms with Gasteiger partial charge in [0.25, 0.3) is 0 Å². The standard InChI is InChI=1S/C10H12ClN3OS/c1-6-2-3-7(11)4-8(6)14-9(15)5-16-10(12)13/h2-4H,5H2,1H3,(H3,12,13)(H,14,15). The average Bonchev–Trinajstić information content (AvgIpc) is 2.20. The lowest BCUT2D eigenvalue weighted by atomic mass is 10.2. The summed E-state index contributed by atoms with van der Waals surface area (Å²) in [6.45, 7) is 1.88. The highest BCUT2D eigenvalue weighted by molar-refractivity contribution is 8.14. The molecule has 0 spiro atoms. The Balaban J connectivity index is 2.62. The number of aryl methyl sites for hydroxylation is 1. The van der Waals surface area contributed by atoms with Crippen LogP contribution in [0.15, 0.2) is 18.2 Å². The fourth-order valence-corrected chi connectivity index (χ4v) is 1.59. The molecular weight excluding hydrogens is 246 g/mol. The van der Waals surface area contributed by atoms with E-state index < -0.39 is 0 Å². The largest absolute Gasteiger partial charge is 0.379 e. The van der Waals surface area contributed by atoms with E-state index in [1.54, 1.807) is 12.1 Å². The van der Waals surface area contributed by atoms with Gasteiger partial charge in [0.05, 0.1) is 5.75 Å². The van der Waals surface area contributed by atoms with Gasteiger partial charge in [-0.15, -0.1) is 0 Å². The number of carbonyl (C=O) groups excluding carboxylic acids is 1. The van der Waals surface area contributed by atoms with Crippen LogP contribution >= 0.6 is 23.4 Å². The predicted octanol–water partition coefficient (Wildman–Crippen LogP) is 2.21. The van der Waals surface area contributed by atoms with Gasteiger partial charge in [-0.25, -0.2) is 0 Å². The molecule has 0 aliphatic heterocycles. The summed E-state index contributed by atoms with van der Waals surface area (Å²) in [5, 5.41) is 10.2. The zero-order chi connectivity index (χ0) is 12.1. The Hall–Kier alpha value is -1.20. The maximum Gasteiger partial charge on any atom is 0.234 e. The van der Waals surface area contributed by atoms with Crippen LogP contribution in [0, 0.1) is 12.3 Å². The fourth-order valence-electron chi connectivity index (χ4n) is 1.06. The van der Waals surface area contributed by atoms with Crippen molar-refractivity contribution in [3.63, 3.8) is 0 Å². The molecule has 0 aliphatic rings. The molecule has 1 rings (SSSR count). The van der Waals surface area contributed by atoms with Gasteiger partial charge >= 0.3 is 0 Å². The lowest BCUT2D eigenvalue weighted by Crippen LogP contribution is -2.17. The zero-order valence-corrected chi connectivity index (χ0v) is 10.3. The van der Waals surface area contributed by atoms with Crippen molar-refractivity contribution in [1.82, 2.24) is 0 Å². The van der Waals surface area contributed by atoms with E-state index in [9.17, 15) is 4.79 Å². The van der Waals surface area contributed by atoms with Crippen LogP contribution in [0.5, 0.6) is 0 Å². The summed E-state index contributed by atoms with van der Waals surface area (Å²) in [4.78, 5) is 11.5. The molecule has 4 N–H and O–H groups in total. The lowest BCUT2D eigenvalue weighted by molar-refractivity contribution is -0.113. The van der Waals surface area contributed by atoms with Gasteiger partial charge in [0.15, 0.2) is 5.17 Å². The smallest absolute Gasteiger partial charge is 0.234 e. The van der Waals surface area contributed by atoms with E-state index in [2.05, 4.69) is 5.32 Å². The zero-order valence-electron chi connectivity index (χ0n) is 8.71. The molecule has 1 aromatic carbocycles. The van der Waals surface area contributed by atoms with Crippen molar-refractivity contribution in [2.75, 3.05) is 11.1 Å². The number of hydrogen-bond acceptors (Lipinski definition) is 3. The van der Waals surface area contributed by atoms with Crippen LogP contribution in [-0.4, -0.2) is 16.8 Å². The molecule has 86 valence electrons.